The Morgan fingerprint density at radius 3 is 0.383 bits per heavy atom. The van der Waals surface area contributed by atoms with Crippen molar-refractivity contribution < 1.29 is 0 Å². The quantitative estimate of drug-likeness (QED) is 0.0422. The Morgan fingerprint density at radius 1 is 0.133 bits per heavy atom. The van der Waals surface area contributed by atoms with Gasteiger partial charge in [-0.2, -0.15) is 0 Å². The minimum absolute atomic E-state index is 0.791. The van der Waals surface area contributed by atoms with E-state index in [0.29, 0.717) is 0 Å². The molecular weight excluding hydrogens is 740 g/mol. The van der Waals surface area contributed by atoms with Gasteiger partial charge in [0.15, 0.2) is 0 Å². The van der Waals surface area contributed by atoms with E-state index in [1.165, 1.54) is 302 Å². The van der Waals surface area contributed by atoms with Crippen LogP contribution in [-0.4, -0.2) is 24.6 Å². The fourth-order valence-corrected chi connectivity index (χ4v) is 15.3. The molecule has 0 spiro atoms. The fourth-order valence-electron chi connectivity index (χ4n) is 10.4. The van der Waals surface area contributed by atoms with Gasteiger partial charge in [-0.3, -0.25) is 0 Å². The fraction of sp³-hybridized carbons (Fsp3) is 1.00. The van der Waals surface area contributed by atoms with Gasteiger partial charge in [0.05, 0.1) is 24.6 Å². The molecule has 0 saturated heterocycles. The molecule has 0 radical (unpaired) electrons. The summed E-state index contributed by atoms with van der Waals surface area (Å²) in [5.41, 5.74) is 0. The molecule has 0 aromatic rings. The van der Waals surface area contributed by atoms with Gasteiger partial charge in [-0.25, -0.2) is 0 Å². The predicted octanol–water partition coefficient (Wildman–Crippen LogP) is 23.0. The van der Waals surface area contributed by atoms with Gasteiger partial charge in [0.1, 0.15) is 0 Å². The lowest BCUT2D eigenvalue weighted by atomic mass is 10.0. The van der Waals surface area contributed by atoms with Crippen LogP contribution < -0.4 is 0 Å². The first kappa shape index (κ1) is 60.4. The number of hydrogen-bond donors (Lipinski definition) is 0. The molecule has 0 nitrogen and oxygen atoms in total. The second-order valence-corrected chi connectivity index (χ2v) is 25.3. The lowest BCUT2D eigenvalue weighted by Gasteiger charge is -2.28. The summed E-state index contributed by atoms with van der Waals surface area (Å²) in [4.78, 5) is 0. The molecule has 0 aromatic carbocycles. The zero-order chi connectivity index (χ0) is 43.4. The molecule has 0 bridgehead atoms. The zero-order valence-corrected chi connectivity index (χ0v) is 44.2. The van der Waals surface area contributed by atoms with Crippen LogP contribution in [0.2, 0.25) is 0 Å². The Kier molecular flexibility index (Phi) is 54.2. The summed E-state index contributed by atoms with van der Waals surface area (Å²) in [7, 11) is -0.791. The van der Waals surface area contributed by atoms with E-state index in [2.05, 4.69) is 27.7 Å². The van der Waals surface area contributed by atoms with Gasteiger partial charge in [-0.05, 0) is 44.9 Å². The van der Waals surface area contributed by atoms with Crippen molar-refractivity contribution in [2.75, 3.05) is 24.6 Å². The highest BCUT2D eigenvalue weighted by Gasteiger charge is 2.35. The highest BCUT2D eigenvalue weighted by Crippen LogP contribution is 2.61. The molecule has 362 valence electrons. The Balaban J connectivity index is 4.49. The summed E-state index contributed by atoms with van der Waals surface area (Å²) < 4.78 is 0. The summed E-state index contributed by atoms with van der Waals surface area (Å²) in [5, 5.41) is 0. The van der Waals surface area contributed by atoms with Gasteiger partial charge in [0.2, 0.25) is 0 Å². The topological polar surface area (TPSA) is 0 Å². The zero-order valence-electron chi connectivity index (χ0n) is 43.3. The first-order chi connectivity index (χ1) is 29.7. The van der Waals surface area contributed by atoms with E-state index in [4.69, 9.17) is 0 Å². The van der Waals surface area contributed by atoms with Crippen molar-refractivity contribution in [3.05, 3.63) is 0 Å². The highest BCUT2D eigenvalue weighted by atomic mass is 31.2. The van der Waals surface area contributed by atoms with Crippen molar-refractivity contribution in [1.29, 1.82) is 0 Å². The lowest BCUT2D eigenvalue weighted by Crippen LogP contribution is -2.13. The summed E-state index contributed by atoms with van der Waals surface area (Å²) >= 11 is 0. The van der Waals surface area contributed by atoms with Crippen LogP contribution in [0.4, 0.5) is 0 Å². The second-order valence-electron chi connectivity index (χ2n) is 20.9. The Bertz CT molecular complexity index is 641. The molecule has 0 saturated carbocycles. The molecule has 0 atom stereocenters. The molecule has 0 fully saturated rings. The first-order valence-electron chi connectivity index (χ1n) is 29.6. The van der Waals surface area contributed by atoms with Crippen LogP contribution in [0.3, 0.4) is 0 Å². The van der Waals surface area contributed by atoms with Gasteiger partial charge < -0.3 is 0 Å². The summed E-state index contributed by atoms with van der Waals surface area (Å²) in [6, 6.07) is 0. The molecular formula is C59H122P+. The minimum atomic E-state index is -0.791. The molecule has 0 unspecified atom stereocenters. The third-order valence-electron chi connectivity index (χ3n) is 14.7. The molecule has 0 aliphatic heterocycles. The first-order valence-corrected chi connectivity index (χ1v) is 32.1. The second kappa shape index (κ2) is 53.8. The van der Waals surface area contributed by atoms with E-state index < -0.39 is 7.26 Å². The van der Waals surface area contributed by atoms with Crippen LogP contribution in [-0.2, 0) is 0 Å². The van der Waals surface area contributed by atoms with E-state index >= 15 is 0 Å². The smallest absolute Gasteiger partial charge is 0.0594 e. The van der Waals surface area contributed by atoms with Gasteiger partial charge in [0, 0.05) is 7.26 Å². The average molecular weight is 863 g/mol. The van der Waals surface area contributed by atoms with Crippen LogP contribution in [0.1, 0.15) is 355 Å². The van der Waals surface area contributed by atoms with Gasteiger partial charge in [-0.15, -0.1) is 0 Å². The van der Waals surface area contributed by atoms with Crippen molar-refractivity contribution in [1.82, 2.24) is 0 Å². The number of rotatable bonds is 55. The molecule has 0 heterocycles. The lowest BCUT2D eigenvalue weighted by molar-refractivity contribution is 0.530. The standard InChI is InChI=1S/C59H122P/c1-5-9-13-16-19-22-25-28-31-34-37-40-43-46-49-53-57-60(56-52-12-8-4,58-54-50-47-44-41-38-35-32-29-26-23-20-17-14-10-6-2)59-55-51-48-45-42-39-36-33-30-27-24-21-18-15-11-7-3/h5-59H2,1-4H3/q+1. The van der Waals surface area contributed by atoms with Crippen molar-refractivity contribution >= 4 is 7.26 Å². The molecule has 60 heavy (non-hydrogen) atoms. The summed E-state index contributed by atoms with van der Waals surface area (Å²) in [6.07, 6.45) is 82.7. The number of hydrogen-bond acceptors (Lipinski definition) is 0. The van der Waals surface area contributed by atoms with E-state index in [-0.39, 0.29) is 0 Å². The molecule has 1 heteroatoms. The number of unbranched alkanes of at least 4 members (excludes halogenated alkanes) is 47. The normalized spacial score (nSPS) is 12.0. The molecule has 0 rings (SSSR count). The van der Waals surface area contributed by atoms with Crippen LogP contribution in [0.15, 0.2) is 0 Å². The van der Waals surface area contributed by atoms with E-state index in [9.17, 15) is 0 Å². The van der Waals surface area contributed by atoms with Crippen molar-refractivity contribution in [2.24, 2.45) is 0 Å². The van der Waals surface area contributed by atoms with Crippen molar-refractivity contribution in [3.63, 3.8) is 0 Å². The average Bonchev–Trinajstić information content (AvgIpc) is 3.26. The monoisotopic (exact) mass is 862 g/mol. The van der Waals surface area contributed by atoms with Crippen LogP contribution >= 0.6 is 7.26 Å². The van der Waals surface area contributed by atoms with Gasteiger partial charge in [0.25, 0.3) is 0 Å². The third-order valence-corrected chi connectivity index (χ3v) is 19.8. The Hall–Kier alpha value is 0.430. The molecule has 0 N–H and O–H groups in total. The Morgan fingerprint density at radius 2 is 0.233 bits per heavy atom. The van der Waals surface area contributed by atoms with Crippen molar-refractivity contribution in [2.45, 2.75) is 355 Å². The van der Waals surface area contributed by atoms with Crippen LogP contribution in [0, 0.1) is 0 Å². The van der Waals surface area contributed by atoms with Gasteiger partial charge in [-0.1, -0.05) is 310 Å². The maximum absolute atomic E-state index is 2.43. The molecule has 0 aliphatic carbocycles. The largest absolute Gasteiger partial charge is 0.0654 e. The van der Waals surface area contributed by atoms with Crippen molar-refractivity contribution in [3.8, 4) is 0 Å². The van der Waals surface area contributed by atoms with E-state index in [0.717, 1.165) is 0 Å². The van der Waals surface area contributed by atoms with E-state index in [1.54, 1.807) is 50.3 Å². The molecule has 0 amide bonds. The van der Waals surface area contributed by atoms with Crippen LogP contribution in [0.5, 0.6) is 0 Å². The highest BCUT2D eigenvalue weighted by molar-refractivity contribution is 7.75. The minimum Gasteiger partial charge on any atom is -0.0654 e. The van der Waals surface area contributed by atoms with E-state index in [1.807, 2.05) is 0 Å². The van der Waals surface area contributed by atoms with Gasteiger partial charge >= 0.3 is 0 Å². The third kappa shape index (κ3) is 47.9. The maximum Gasteiger partial charge on any atom is 0.0594 e. The maximum atomic E-state index is 2.43. The Labute approximate surface area is 385 Å². The summed E-state index contributed by atoms with van der Waals surface area (Å²) in [5.74, 6) is 0. The summed E-state index contributed by atoms with van der Waals surface area (Å²) in [6.45, 7) is 9.41. The predicted molar refractivity (Wildman–Crippen MR) is 285 cm³/mol. The molecule has 0 aliphatic rings. The molecule has 0 aromatic heterocycles. The van der Waals surface area contributed by atoms with Crippen LogP contribution in [0.25, 0.3) is 0 Å². The SMILES string of the molecule is CCCCCCCCCCCCCCCCCC[P+](CCCCC)(CCCCCCCCCCCCCCCCCC)CCCCCCCCCCCCCCCCCC.